The van der Waals surface area contributed by atoms with E-state index in [1.807, 2.05) is 6.92 Å². The zero-order chi connectivity index (χ0) is 19.5. The molecule has 0 heterocycles. The lowest BCUT2D eigenvalue weighted by atomic mass is 9.48. The van der Waals surface area contributed by atoms with E-state index in [0.29, 0.717) is 15.6 Å². The number of hydrogen-bond donors (Lipinski definition) is 1. The third-order valence-electron chi connectivity index (χ3n) is 7.25. The first-order chi connectivity index (χ1) is 13.3. The van der Waals surface area contributed by atoms with Crippen LogP contribution in [0.3, 0.4) is 0 Å². The maximum atomic E-state index is 12.9. The van der Waals surface area contributed by atoms with Gasteiger partial charge in [0.1, 0.15) is 0 Å². The molecule has 1 N–H and O–H groups in total. The summed E-state index contributed by atoms with van der Waals surface area (Å²) in [5.41, 5.74) is 3.00. The Morgan fingerprint density at radius 1 is 0.929 bits per heavy atom. The summed E-state index contributed by atoms with van der Waals surface area (Å²) in [7, 11) is -3.61. The zero-order valence-corrected chi connectivity index (χ0v) is 17.7. The highest BCUT2D eigenvalue weighted by molar-refractivity contribution is 7.92. The van der Waals surface area contributed by atoms with Gasteiger partial charge in [0.05, 0.1) is 10.6 Å². The lowest BCUT2D eigenvalue weighted by Crippen LogP contribution is -2.48. The number of sulfonamides is 1. The second kappa shape index (κ2) is 6.50. The van der Waals surface area contributed by atoms with Crippen LogP contribution in [0.5, 0.6) is 0 Å². The molecule has 0 atom stereocenters. The lowest BCUT2D eigenvalue weighted by molar-refractivity contribution is -0.00521. The van der Waals surface area contributed by atoms with Gasteiger partial charge in [0.15, 0.2) is 0 Å². The Kier molecular flexibility index (Phi) is 4.29. The van der Waals surface area contributed by atoms with Crippen molar-refractivity contribution >= 4 is 27.3 Å². The molecule has 2 aromatic rings. The van der Waals surface area contributed by atoms with Gasteiger partial charge in [0, 0.05) is 5.02 Å². The van der Waals surface area contributed by atoms with E-state index in [9.17, 15) is 8.42 Å². The van der Waals surface area contributed by atoms with Crippen molar-refractivity contribution in [2.45, 2.75) is 55.8 Å². The van der Waals surface area contributed by atoms with Crippen LogP contribution in [0.15, 0.2) is 47.4 Å². The van der Waals surface area contributed by atoms with Gasteiger partial charge in [-0.05, 0) is 110 Å². The SMILES string of the molecule is Cc1cc(Cl)ccc1NS(=O)(=O)c1ccc(C23CC4CC(CC(C4)C2)C3)cc1. The normalized spacial score (nSPS) is 31.1. The summed E-state index contributed by atoms with van der Waals surface area (Å²) in [6.45, 7) is 1.85. The molecule has 4 saturated carbocycles. The van der Waals surface area contributed by atoms with Gasteiger partial charge in [-0.2, -0.15) is 0 Å². The molecule has 0 radical (unpaired) electrons. The third-order valence-corrected chi connectivity index (χ3v) is 8.86. The number of aryl methyl sites for hydroxylation is 1. The minimum Gasteiger partial charge on any atom is -0.279 e. The monoisotopic (exact) mass is 415 g/mol. The molecular weight excluding hydrogens is 390 g/mol. The Hall–Kier alpha value is -1.52. The number of nitrogens with one attached hydrogen (secondary N) is 1. The fourth-order valence-electron chi connectivity index (χ4n) is 6.40. The highest BCUT2D eigenvalue weighted by Crippen LogP contribution is 2.60. The summed E-state index contributed by atoms with van der Waals surface area (Å²) in [6, 6.07) is 12.9. The van der Waals surface area contributed by atoms with E-state index in [1.54, 1.807) is 30.3 Å². The van der Waals surface area contributed by atoms with Crippen molar-refractivity contribution in [2.24, 2.45) is 17.8 Å². The quantitative estimate of drug-likeness (QED) is 0.673. The summed E-state index contributed by atoms with van der Waals surface area (Å²) in [6.07, 6.45) is 8.09. The van der Waals surface area contributed by atoms with Crippen LogP contribution in [0.25, 0.3) is 0 Å². The van der Waals surface area contributed by atoms with Crippen molar-refractivity contribution in [1.82, 2.24) is 0 Å². The molecule has 5 heteroatoms. The fraction of sp³-hybridized carbons (Fsp3) is 0.478. The average molecular weight is 416 g/mol. The fourth-order valence-corrected chi connectivity index (χ4v) is 7.75. The number of anilines is 1. The van der Waals surface area contributed by atoms with Crippen LogP contribution in [-0.4, -0.2) is 8.42 Å². The maximum absolute atomic E-state index is 12.9. The van der Waals surface area contributed by atoms with E-state index in [0.717, 1.165) is 23.3 Å². The van der Waals surface area contributed by atoms with Crippen LogP contribution < -0.4 is 4.72 Å². The summed E-state index contributed by atoms with van der Waals surface area (Å²) in [4.78, 5) is 0.315. The zero-order valence-electron chi connectivity index (χ0n) is 16.1. The van der Waals surface area contributed by atoms with Crippen molar-refractivity contribution in [3.8, 4) is 0 Å². The Morgan fingerprint density at radius 3 is 2.04 bits per heavy atom. The molecule has 0 saturated heterocycles. The summed E-state index contributed by atoms with van der Waals surface area (Å²) in [5, 5.41) is 0.598. The Labute approximate surface area is 172 Å². The molecular formula is C23H26ClNO2S. The predicted octanol–water partition coefficient (Wildman–Crippen LogP) is 5.92. The smallest absolute Gasteiger partial charge is 0.261 e. The number of halogens is 1. The highest BCUT2D eigenvalue weighted by Gasteiger charge is 2.51. The Morgan fingerprint density at radius 2 is 1.50 bits per heavy atom. The standard InChI is InChI=1S/C23H26ClNO2S/c1-15-8-20(24)4-7-22(15)25-28(26,27)21-5-2-19(3-6-21)23-12-16-9-17(13-23)11-18(10-16)14-23/h2-8,16-18,25H,9-14H2,1H3. The molecule has 3 nitrogen and oxygen atoms in total. The molecule has 28 heavy (non-hydrogen) atoms. The van der Waals surface area contributed by atoms with Gasteiger partial charge >= 0.3 is 0 Å². The van der Waals surface area contributed by atoms with Crippen molar-refractivity contribution in [1.29, 1.82) is 0 Å². The Balaban J connectivity index is 1.40. The summed E-state index contributed by atoms with van der Waals surface area (Å²) < 4.78 is 28.4. The van der Waals surface area contributed by atoms with Gasteiger partial charge in [-0.3, -0.25) is 4.72 Å². The van der Waals surface area contributed by atoms with Crippen LogP contribution >= 0.6 is 11.6 Å². The van der Waals surface area contributed by atoms with Crippen molar-refractivity contribution in [3.05, 3.63) is 58.6 Å². The number of hydrogen-bond acceptors (Lipinski definition) is 2. The van der Waals surface area contributed by atoms with E-state index in [-0.39, 0.29) is 5.41 Å². The molecule has 2 aromatic carbocycles. The molecule has 0 unspecified atom stereocenters. The van der Waals surface area contributed by atoms with E-state index >= 15 is 0 Å². The van der Waals surface area contributed by atoms with E-state index in [1.165, 1.54) is 44.1 Å². The van der Waals surface area contributed by atoms with Gasteiger partial charge in [0.25, 0.3) is 10.0 Å². The van der Waals surface area contributed by atoms with Gasteiger partial charge in [-0.15, -0.1) is 0 Å². The molecule has 148 valence electrons. The first kappa shape index (κ1) is 18.5. The number of benzene rings is 2. The van der Waals surface area contributed by atoms with Crippen LogP contribution in [0.4, 0.5) is 5.69 Å². The molecule has 4 aliphatic rings. The molecule has 0 spiro atoms. The summed E-state index contributed by atoms with van der Waals surface area (Å²) in [5.74, 6) is 2.64. The average Bonchev–Trinajstić information content (AvgIpc) is 2.63. The van der Waals surface area contributed by atoms with Gasteiger partial charge < -0.3 is 0 Å². The van der Waals surface area contributed by atoms with Crippen molar-refractivity contribution < 1.29 is 8.42 Å². The summed E-state index contributed by atoms with van der Waals surface area (Å²) >= 11 is 5.97. The van der Waals surface area contributed by atoms with E-state index in [4.69, 9.17) is 11.6 Å². The predicted molar refractivity (Wildman–Crippen MR) is 113 cm³/mol. The number of rotatable bonds is 4. The van der Waals surface area contributed by atoms with Crippen molar-refractivity contribution in [2.75, 3.05) is 4.72 Å². The maximum Gasteiger partial charge on any atom is 0.261 e. The second-order valence-electron chi connectivity index (χ2n) is 9.29. The minimum absolute atomic E-state index is 0.289. The van der Waals surface area contributed by atoms with Gasteiger partial charge in [-0.25, -0.2) is 8.42 Å². The molecule has 4 aliphatic carbocycles. The molecule has 4 fully saturated rings. The molecule has 0 aliphatic heterocycles. The molecule has 4 bridgehead atoms. The van der Waals surface area contributed by atoms with Crippen LogP contribution in [-0.2, 0) is 15.4 Å². The molecule has 0 aromatic heterocycles. The second-order valence-corrected chi connectivity index (χ2v) is 11.4. The molecule has 6 rings (SSSR count). The van der Waals surface area contributed by atoms with Gasteiger partial charge in [-0.1, -0.05) is 23.7 Å². The largest absolute Gasteiger partial charge is 0.279 e. The topological polar surface area (TPSA) is 46.2 Å². The van der Waals surface area contributed by atoms with Crippen LogP contribution in [0.2, 0.25) is 5.02 Å². The van der Waals surface area contributed by atoms with E-state index in [2.05, 4.69) is 16.9 Å². The van der Waals surface area contributed by atoms with Crippen molar-refractivity contribution in [3.63, 3.8) is 0 Å². The van der Waals surface area contributed by atoms with Crippen LogP contribution in [0.1, 0.15) is 49.7 Å². The first-order valence-corrected chi connectivity index (χ1v) is 12.1. The van der Waals surface area contributed by atoms with Gasteiger partial charge in [0.2, 0.25) is 0 Å². The third kappa shape index (κ3) is 3.15. The van der Waals surface area contributed by atoms with Crippen LogP contribution in [0, 0.1) is 24.7 Å². The first-order valence-electron chi connectivity index (χ1n) is 10.2. The highest BCUT2D eigenvalue weighted by atomic mass is 35.5. The molecule has 0 amide bonds. The minimum atomic E-state index is -3.61. The lowest BCUT2D eigenvalue weighted by Gasteiger charge is -2.57. The van der Waals surface area contributed by atoms with E-state index < -0.39 is 10.0 Å². The Bertz CT molecular complexity index is 978.